The molecule has 0 atom stereocenters. The Bertz CT molecular complexity index is 296. The number of aliphatic hydroxyl groups is 1. The smallest absolute Gasteiger partial charge is 0.212 e. The van der Waals surface area contributed by atoms with Crippen molar-refractivity contribution in [2.75, 3.05) is 25.6 Å². The molecule has 0 amide bonds. The first kappa shape index (κ1) is 13.9. The molecule has 0 bridgehead atoms. The number of rotatable bonds is 6. The molecule has 0 spiro atoms. The molecular weight excluding hydrogens is 230 g/mol. The van der Waals surface area contributed by atoms with Gasteiger partial charge in [0.15, 0.2) is 0 Å². The van der Waals surface area contributed by atoms with Crippen molar-refractivity contribution in [2.24, 2.45) is 0 Å². The van der Waals surface area contributed by atoms with E-state index in [1.54, 1.807) is 0 Å². The fourth-order valence-electron chi connectivity index (χ4n) is 1.77. The van der Waals surface area contributed by atoms with Crippen LogP contribution in [-0.2, 0) is 14.8 Å². The predicted molar refractivity (Wildman–Crippen MR) is 61.7 cm³/mol. The zero-order valence-corrected chi connectivity index (χ0v) is 10.6. The van der Waals surface area contributed by atoms with Gasteiger partial charge in [-0.15, -0.1) is 0 Å². The summed E-state index contributed by atoms with van der Waals surface area (Å²) in [6, 6.07) is 0. The van der Waals surface area contributed by atoms with E-state index in [4.69, 9.17) is 4.74 Å². The molecule has 0 radical (unpaired) electrons. The second kappa shape index (κ2) is 5.95. The highest BCUT2D eigenvalue weighted by Gasteiger charge is 2.35. The van der Waals surface area contributed by atoms with Gasteiger partial charge < -0.3 is 9.84 Å². The minimum absolute atomic E-state index is 0.131. The molecule has 5 nitrogen and oxygen atoms in total. The highest BCUT2D eigenvalue weighted by atomic mass is 32.2. The van der Waals surface area contributed by atoms with Crippen LogP contribution in [0.5, 0.6) is 0 Å². The maximum atomic E-state index is 11.8. The summed E-state index contributed by atoms with van der Waals surface area (Å²) in [5.74, 6) is 0.131. The Hall–Kier alpha value is -0.170. The van der Waals surface area contributed by atoms with E-state index in [1.807, 2.05) is 6.92 Å². The van der Waals surface area contributed by atoms with Crippen LogP contribution >= 0.6 is 0 Å². The van der Waals surface area contributed by atoms with Crippen molar-refractivity contribution in [3.8, 4) is 0 Å². The van der Waals surface area contributed by atoms with Gasteiger partial charge in [-0.2, -0.15) is 0 Å². The summed E-state index contributed by atoms with van der Waals surface area (Å²) >= 11 is 0. The first-order valence-electron chi connectivity index (χ1n) is 5.74. The van der Waals surface area contributed by atoms with Gasteiger partial charge in [0.25, 0.3) is 0 Å². The van der Waals surface area contributed by atoms with Crippen LogP contribution in [0.1, 0.15) is 32.6 Å². The molecule has 0 saturated carbocycles. The van der Waals surface area contributed by atoms with E-state index in [2.05, 4.69) is 4.72 Å². The SMILES string of the molecule is CCCCS(=O)(=O)NC1(CO)CCOCC1. The summed E-state index contributed by atoms with van der Waals surface area (Å²) in [5.41, 5.74) is -0.704. The Morgan fingerprint density at radius 2 is 2.00 bits per heavy atom. The Balaban J connectivity index is 2.61. The molecule has 16 heavy (non-hydrogen) atoms. The van der Waals surface area contributed by atoms with E-state index >= 15 is 0 Å². The molecule has 1 heterocycles. The number of hydrogen-bond donors (Lipinski definition) is 2. The van der Waals surface area contributed by atoms with Crippen molar-refractivity contribution in [2.45, 2.75) is 38.1 Å². The number of sulfonamides is 1. The lowest BCUT2D eigenvalue weighted by molar-refractivity contribution is 0.0223. The molecule has 1 rings (SSSR count). The lowest BCUT2D eigenvalue weighted by atomic mass is 9.93. The zero-order valence-electron chi connectivity index (χ0n) is 9.74. The van der Waals surface area contributed by atoms with Crippen LogP contribution < -0.4 is 4.72 Å². The Morgan fingerprint density at radius 1 is 1.38 bits per heavy atom. The highest BCUT2D eigenvalue weighted by molar-refractivity contribution is 7.89. The van der Waals surface area contributed by atoms with Crippen molar-refractivity contribution in [3.63, 3.8) is 0 Å². The van der Waals surface area contributed by atoms with Gasteiger partial charge >= 0.3 is 0 Å². The fourth-order valence-corrected chi connectivity index (χ4v) is 3.47. The molecule has 0 aromatic rings. The quantitative estimate of drug-likeness (QED) is 0.709. The average Bonchev–Trinajstić information content (AvgIpc) is 2.27. The van der Waals surface area contributed by atoms with Crippen LogP contribution in [-0.4, -0.2) is 44.6 Å². The van der Waals surface area contributed by atoms with Crippen LogP contribution in [0.3, 0.4) is 0 Å². The second-order valence-corrected chi connectivity index (χ2v) is 6.17. The summed E-state index contributed by atoms with van der Waals surface area (Å²) in [5, 5.41) is 9.35. The van der Waals surface area contributed by atoms with Crippen LogP contribution in [0.4, 0.5) is 0 Å². The molecule has 0 unspecified atom stereocenters. The number of hydrogen-bond acceptors (Lipinski definition) is 4. The molecule has 1 aliphatic rings. The van der Waals surface area contributed by atoms with Crippen LogP contribution in [0.25, 0.3) is 0 Å². The third-order valence-corrected chi connectivity index (χ3v) is 4.46. The van der Waals surface area contributed by atoms with Gasteiger partial charge in [0.1, 0.15) is 0 Å². The van der Waals surface area contributed by atoms with Crippen molar-refractivity contribution >= 4 is 10.0 Å². The molecule has 6 heteroatoms. The van der Waals surface area contributed by atoms with Gasteiger partial charge in [-0.3, -0.25) is 0 Å². The Kier molecular flexibility index (Phi) is 5.17. The molecule has 0 aliphatic carbocycles. The summed E-state index contributed by atoms with van der Waals surface area (Å²) in [4.78, 5) is 0. The molecule has 1 fully saturated rings. The Labute approximate surface area is 97.2 Å². The maximum absolute atomic E-state index is 11.8. The lowest BCUT2D eigenvalue weighted by Gasteiger charge is -2.35. The summed E-state index contributed by atoms with van der Waals surface area (Å²) in [7, 11) is -3.28. The van der Waals surface area contributed by atoms with Gasteiger partial charge in [-0.25, -0.2) is 13.1 Å². The van der Waals surface area contributed by atoms with Crippen LogP contribution in [0, 0.1) is 0 Å². The molecule has 1 aliphatic heterocycles. The van der Waals surface area contributed by atoms with Gasteiger partial charge in [0.2, 0.25) is 10.0 Å². The van der Waals surface area contributed by atoms with Crippen LogP contribution in [0.2, 0.25) is 0 Å². The van der Waals surface area contributed by atoms with E-state index in [0.717, 1.165) is 6.42 Å². The molecular formula is C10H21NO4S. The first-order chi connectivity index (χ1) is 7.54. The number of aliphatic hydroxyl groups excluding tert-OH is 1. The molecule has 1 saturated heterocycles. The molecule has 2 N–H and O–H groups in total. The standard InChI is InChI=1S/C10H21NO4S/c1-2-3-8-16(13,14)11-10(9-12)4-6-15-7-5-10/h11-12H,2-9H2,1H3. The van der Waals surface area contributed by atoms with Gasteiger partial charge in [-0.1, -0.05) is 13.3 Å². The maximum Gasteiger partial charge on any atom is 0.212 e. The molecule has 96 valence electrons. The van der Waals surface area contributed by atoms with Gasteiger partial charge in [0, 0.05) is 13.2 Å². The number of nitrogens with one attached hydrogen (secondary N) is 1. The van der Waals surface area contributed by atoms with E-state index < -0.39 is 15.6 Å². The third-order valence-electron chi connectivity index (χ3n) is 2.89. The summed E-state index contributed by atoms with van der Waals surface area (Å²) in [6.07, 6.45) is 2.56. The van der Waals surface area contributed by atoms with Crippen molar-refractivity contribution in [1.29, 1.82) is 0 Å². The van der Waals surface area contributed by atoms with Crippen LogP contribution in [0.15, 0.2) is 0 Å². The second-order valence-electron chi connectivity index (χ2n) is 4.33. The van der Waals surface area contributed by atoms with E-state index in [9.17, 15) is 13.5 Å². The topological polar surface area (TPSA) is 75.6 Å². The molecule has 0 aromatic heterocycles. The van der Waals surface area contributed by atoms with Gasteiger partial charge in [-0.05, 0) is 19.3 Å². The highest BCUT2D eigenvalue weighted by Crippen LogP contribution is 2.21. The first-order valence-corrected chi connectivity index (χ1v) is 7.39. The van der Waals surface area contributed by atoms with Gasteiger partial charge in [0.05, 0.1) is 17.9 Å². The summed E-state index contributed by atoms with van der Waals surface area (Å²) in [6.45, 7) is 2.78. The van der Waals surface area contributed by atoms with E-state index in [1.165, 1.54) is 0 Å². The predicted octanol–water partition coefficient (Wildman–Crippen LogP) is 0.247. The minimum atomic E-state index is -3.28. The van der Waals surface area contributed by atoms with E-state index in [-0.39, 0.29) is 12.4 Å². The largest absolute Gasteiger partial charge is 0.394 e. The van der Waals surface area contributed by atoms with E-state index in [0.29, 0.717) is 32.5 Å². The number of ether oxygens (including phenoxy) is 1. The normalized spacial score (nSPS) is 20.9. The minimum Gasteiger partial charge on any atom is -0.394 e. The third kappa shape index (κ3) is 4.01. The molecule has 0 aromatic carbocycles. The number of unbranched alkanes of at least 4 members (excludes halogenated alkanes) is 1. The van der Waals surface area contributed by atoms with Crippen molar-refractivity contribution in [1.82, 2.24) is 4.72 Å². The van der Waals surface area contributed by atoms with Crippen molar-refractivity contribution in [3.05, 3.63) is 0 Å². The van der Waals surface area contributed by atoms with Crippen molar-refractivity contribution < 1.29 is 18.3 Å². The lowest BCUT2D eigenvalue weighted by Crippen LogP contribution is -2.55. The zero-order chi connectivity index (χ0) is 12.1. The Morgan fingerprint density at radius 3 is 2.50 bits per heavy atom. The monoisotopic (exact) mass is 251 g/mol. The summed E-state index contributed by atoms with van der Waals surface area (Å²) < 4.78 is 31.3. The fraction of sp³-hybridized carbons (Fsp3) is 1.00. The average molecular weight is 251 g/mol.